The summed E-state index contributed by atoms with van der Waals surface area (Å²) in [6.07, 6.45) is 4.36. The smallest absolute Gasteiger partial charge is 0.362 e. The van der Waals surface area contributed by atoms with Crippen molar-refractivity contribution in [1.29, 1.82) is 0 Å². The van der Waals surface area contributed by atoms with Gasteiger partial charge >= 0.3 is 5.97 Å². The molecule has 1 heterocycles. The van der Waals surface area contributed by atoms with Gasteiger partial charge < -0.3 is 15.8 Å². The fourth-order valence-corrected chi connectivity index (χ4v) is 2.74. The van der Waals surface area contributed by atoms with Crippen molar-refractivity contribution >= 4 is 22.5 Å². The van der Waals surface area contributed by atoms with Crippen molar-refractivity contribution in [3.8, 4) is 0 Å². The molecular formula is C11H18N4O2S. The lowest BCUT2D eigenvalue weighted by Crippen LogP contribution is -2.42. The van der Waals surface area contributed by atoms with E-state index in [1.54, 1.807) is 6.92 Å². The lowest BCUT2D eigenvalue weighted by molar-refractivity contribution is 0.0520. The minimum atomic E-state index is -0.432. The Bertz CT molecular complexity index is 410. The highest BCUT2D eigenvalue weighted by molar-refractivity contribution is 7.10. The first-order valence-corrected chi connectivity index (χ1v) is 7.01. The second-order valence-corrected chi connectivity index (χ2v) is 5.12. The van der Waals surface area contributed by atoms with Crippen LogP contribution in [0.1, 0.15) is 43.1 Å². The maximum Gasteiger partial charge on any atom is 0.362 e. The molecule has 1 aromatic rings. The Labute approximate surface area is 110 Å². The molecule has 0 aliphatic heterocycles. The Kier molecular flexibility index (Phi) is 4.48. The Balaban J connectivity index is 2.04. The molecule has 0 saturated heterocycles. The van der Waals surface area contributed by atoms with E-state index in [0.717, 1.165) is 19.3 Å². The second kappa shape index (κ2) is 6.10. The van der Waals surface area contributed by atoms with Gasteiger partial charge in [0.15, 0.2) is 0 Å². The minimum absolute atomic E-state index is 0.121. The number of nitrogens with one attached hydrogen (secondary N) is 1. The highest BCUT2D eigenvalue weighted by atomic mass is 32.1. The molecule has 2 atom stereocenters. The summed E-state index contributed by atoms with van der Waals surface area (Å²) in [4.78, 5) is 11.7. The summed E-state index contributed by atoms with van der Waals surface area (Å²) in [5.74, 6) is -0.432. The van der Waals surface area contributed by atoms with Gasteiger partial charge in [-0.3, -0.25) is 0 Å². The zero-order valence-electron chi connectivity index (χ0n) is 10.4. The van der Waals surface area contributed by atoms with Crippen molar-refractivity contribution in [2.45, 2.75) is 44.7 Å². The van der Waals surface area contributed by atoms with Crippen LogP contribution < -0.4 is 11.1 Å². The van der Waals surface area contributed by atoms with Crippen molar-refractivity contribution in [2.24, 2.45) is 5.73 Å². The average molecular weight is 270 g/mol. The first kappa shape index (κ1) is 13.2. The van der Waals surface area contributed by atoms with Crippen LogP contribution in [0.3, 0.4) is 0 Å². The van der Waals surface area contributed by atoms with E-state index in [1.807, 2.05) is 0 Å². The predicted molar refractivity (Wildman–Crippen MR) is 69.7 cm³/mol. The van der Waals surface area contributed by atoms with Crippen LogP contribution in [0, 0.1) is 0 Å². The van der Waals surface area contributed by atoms with Crippen LogP contribution in [0.25, 0.3) is 0 Å². The molecule has 0 radical (unpaired) electrons. The minimum Gasteiger partial charge on any atom is -0.461 e. The van der Waals surface area contributed by atoms with Crippen LogP contribution in [-0.4, -0.2) is 34.2 Å². The van der Waals surface area contributed by atoms with Gasteiger partial charge in [0.05, 0.1) is 6.61 Å². The maximum absolute atomic E-state index is 11.7. The van der Waals surface area contributed by atoms with E-state index in [9.17, 15) is 4.79 Å². The van der Waals surface area contributed by atoms with Gasteiger partial charge in [0.2, 0.25) is 5.69 Å². The van der Waals surface area contributed by atoms with Gasteiger partial charge in [0, 0.05) is 23.6 Å². The molecule has 6 nitrogen and oxygen atoms in total. The topological polar surface area (TPSA) is 90.1 Å². The van der Waals surface area contributed by atoms with E-state index in [1.165, 1.54) is 18.0 Å². The standard InChI is InChI=1S/C11H18N4O2S/c1-2-17-11(16)9-10(18-15-14-9)13-8-6-4-3-5-7(8)12/h7-8,13H,2-6,12H2,1H3. The molecule has 0 amide bonds. The molecule has 0 aromatic carbocycles. The molecule has 18 heavy (non-hydrogen) atoms. The molecule has 2 unspecified atom stereocenters. The highest BCUT2D eigenvalue weighted by Gasteiger charge is 2.25. The number of hydrogen-bond acceptors (Lipinski definition) is 7. The molecule has 100 valence electrons. The Morgan fingerprint density at radius 2 is 2.33 bits per heavy atom. The van der Waals surface area contributed by atoms with Crippen molar-refractivity contribution in [3.63, 3.8) is 0 Å². The third-order valence-electron chi connectivity index (χ3n) is 3.09. The van der Waals surface area contributed by atoms with Gasteiger partial charge in [0.25, 0.3) is 0 Å². The lowest BCUT2D eigenvalue weighted by Gasteiger charge is -2.29. The molecule has 3 N–H and O–H groups in total. The Morgan fingerprint density at radius 1 is 1.56 bits per heavy atom. The van der Waals surface area contributed by atoms with Crippen LogP contribution >= 0.6 is 11.5 Å². The van der Waals surface area contributed by atoms with E-state index in [2.05, 4.69) is 14.9 Å². The zero-order chi connectivity index (χ0) is 13.0. The van der Waals surface area contributed by atoms with E-state index < -0.39 is 5.97 Å². The quantitative estimate of drug-likeness (QED) is 0.804. The first-order chi connectivity index (χ1) is 8.72. The molecular weight excluding hydrogens is 252 g/mol. The number of nitrogens with two attached hydrogens (primary N) is 1. The number of rotatable bonds is 4. The van der Waals surface area contributed by atoms with Crippen LogP contribution in [-0.2, 0) is 4.74 Å². The van der Waals surface area contributed by atoms with Crippen LogP contribution in [0.4, 0.5) is 5.00 Å². The highest BCUT2D eigenvalue weighted by Crippen LogP contribution is 2.25. The normalized spacial score (nSPS) is 23.7. The van der Waals surface area contributed by atoms with E-state index in [4.69, 9.17) is 10.5 Å². The maximum atomic E-state index is 11.7. The zero-order valence-corrected chi connectivity index (χ0v) is 11.2. The lowest BCUT2D eigenvalue weighted by atomic mass is 9.91. The fourth-order valence-electron chi connectivity index (χ4n) is 2.13. The summed E-state index contributed by atoms with van der Waals surface area (Å²) in [5.41, 5.74) is 6.33. The van der Waals surface area contributed by atoms with Gasteiger partial charge in [-0.2, -0.15) is 0 Å². The van der Waals surface area contributed by atoms with Gasteiger partial charge in [0.1, 0.15) is 5.00 Å². The summed E-state index contributed by atoms with van der Waals surface area (Å²) in [6, 6.07) is 0.310. The van der Waals surface area contributed by atoms with Crippen molar-refractivity contribution < 1.29 is 9.53 Å². The summed E-state index contributed by atoms with van der Waals surface area (Å²) in [6.45, 7) is 2.10. The third-order valence-corrected chi connectivity index (χ3v) is 3.75. The molecule has 1 aromatic heterocycles. The number of carbonyl (C=O) groups is 1. The summed E-state index contributed by atoms with van der Waals surface area (Å²) < 4.78 is 8.74. The number of carbonyl (C=O) groups excluding carboxylic acids is 1. The van der Waals surface area contributed by atoms with E-state index in [-0.39, 0.29) is 17.8 Å². The molecule has 0 bridgehead atoms. The summed E-state index contributed by atoms with van der Waals surface area (Å²) in [5, 5.41) is 7.76. The number of anilines is 1. The largest absolute Gasteiger partial charge is 0.461 e. The van der Waals surface area contributed by atoms with E-state index >= 15 is 0 Å². The molecule has 7 heteroatoms. The summed E-state index contributed by atoms with van der Waals surface area (Å²) in [7, 11) is 0. The number of ether oxygens (including phenoxy) is 1. The predicted octanol–water partition coefficient (Wildman–Crippen LogP) is 1.40. The van der Waals surface area contributed by atoms with Crippen LogP contribution in [0.2, 0.25) is 0 Å². The van der Waals surface area contributed by atoms with Crippen molar-refractivity contribution in [1.82, 2.24) is 9.59 Å². The van der Waals surface area contributed by atoms with Crippen molar-refractivity contribution in [3.05, 3.63) is 5.69 Å². The number of hydrogen-bond donors (Lipinski definition) is 2. The Morgan fingerprint density at radius 3 is 3.06 bits per heavy atom. The van der Waals surface area contributed by atoms with Crippen LogP contribution in [0.15, 0.2) is 0 Å². The average Bonchev–Trinajstić information content (AvgIpc) is 2.81. The monoisotopic (exact) mass is 270 g/mol. The molecule has 1 fully saturated rings. The van der Waals surface area contributed by atoms with E-state index in [0.29, 0.717) is 11.6 Å². The number of esters is 1. The second-order valence-electron chi connectivity index (χ2n) is 4.37. The third kappa shape index (κ3) is 2.97. The first-order valence-electron chi connectivity index (χ1n) is 6.24. The molecule has 0 spiro atoms. The van der Waals surface area contributed by atoms with Gasteiger partial charge in [-0.25, -0.2) is 4.79 Å². The molecule has 1 aliphatic carbocycles. The number of nitrogens with zero attached hydrogens (tertiary/aromatic N) is 2. The van der Waals surface area contributed by atoms with Gasteiger partial charge in [-0.15, -0.1) is 5.10 Å². The van der Waals surface area contributed by atoms with Gasteiger partial charge in [-0.05, 0) is 19.8 Å². The van der Waals surface area contributed by atoms with Gasteiger partial charge in [-0.1, -0.05) is 17.3 Å². The Hall–Kier alpha value is -1.21. The number of aromatic nitrogens is 2. The van der Waals surface area contributed by atoms with Crippen LogP contribution in [0.5, 0.6) is 0 Å². The SMILES string of the molecule is CCOC(=O)c1nnsc1NC1CCCCC1N. The van der Waals surface area contributed by atoms with Crippen molar-refractivity contribution in [2.75, 3.05) is 11.9 Å². The molecule has 1 saturated carbocycles. The molecule has 1 aliphatic rings. The fraction of sp³-hybridized carbons (Fsp3) is 0.727. The molecule has 2 rings (SSSR count). The summed E-state index contributed by atoms with van der Waals surface area (Å²) >= 11 is 1.17.